The number of rotatable bonds is 2. The first-order valence-corrected chi connectivity index (χ1v) is 4.13. The Morgan fingerprint density at radius 3 is 2.58 bits per heavy atom. The van der Waals surface area contributed by atoms with Gasteiger partial charge >= 0.3 is 0 Å². The summed E-state index contributed by atoms with van der Waals surface area (Å²) in [5.41, 5.74) is 1.15. The van der Waals surface area contributed by atoms with Gasteiger partial charge in [0, 0.05) is 12.4 Å². The molecule has 66 valence electrons. The van der Waals surface area contributed by atoms with E-state index >= 15 is 0 Å². The third-order valence-corrected chi connectivity index (χ3v) is 1.24. The Morgan fingerprint density at radius 1 is 1.50 bits per heavy atom. The summed E-state index contributed by atoms with van der Waals surface area (Å²) in [6, 6.07) is 1.98. The minimum atomic E-state index is 0.903. The molecule has 0 radical (unpaired) electrons. The minimum Gasteiger partial charge on any atom is -0.346 e. The van der Waals surface area contributed by atoms with Crippen molar-refractivity contribution in [3.05, 3.63) is 30.5 Å². The Bertz CT molecular complexity index is 246. The molecular formula is C10H16N2. The van der Waals surface area contributed by atoms with Crippen molar-refractivity contribution in [2.75, 3.05) is 0 Å². The Balaban J connectivity index is 0.000000561. The predicted molar refractivity (Wildman–Crippen MR) is 55.2 cm³/mol. The number of aromatic nitrogens is 1. The van der Waals surface area contributed by atoms with Crippen LogP contribution in [0.3, 0.4) is 0 Å². The van der Waals surface area contributed by atoms with Crippen LogP contribution in [0.1, 0.15) is 19.4 Å². The van der Waals surface area contributed by atoms with Crippen LogP contribution in [-0.2, 0) is 0 Å². The van der Waals surface area contributed by atoms with Crippen LogP contribution in [0.4, 0.5) is 5.82 Å². The van der Waals surface area contributed by atoms with Gasteiger partial charge in [-0.2, -0.15) is 0 Å². The molecule has 0 aromatic carbocycles. The number of nitrogens with zero attached hydrogens (tertiary/aromatic N) is 1. The second-order valence-corrected chi connectivity index (χ2v) is 2.02. The molecule has 0 spiro atoms. The normalized spacial score (nSPS) is 9.25. The van der Waals surface area contributed by atoms with E-state index in [1.165, 1.54) is 0 Å². The fraction of sp³-hybridized carbons (Fsp3) is 0.300. The van der Waals surface area contributed by atoms with Gasteiger partial charge in [0.1, 0.15) is 5.82 Å². The molecule has 0 amide bonds. The lowest BCUT2D eigenvalue weighted by atomic mass is 10.4. The summed E-state index contributed by atoms with van der Waals surface area (Å²) in [5.74, 6) is 0.903. The second-order valence-electron chi connectivity index (χ2n) is 2.02. The van der Waals surface area contributed by atoms with Gasteiger partial charge in [-0.1, -0.05) is 26.5 Å². The third-order valence-electron chi connectivity index (χ3n) is 1.24. The molecule has 1 heterocycles. The quantitative estimate of drug-likeness (QED) is 0.650. The largest absolute Gasteiger partial charge is 0.346 e. The molecular weight excluding hydrogens is 148 g/mol. The van der Waals surface area contributed by atoms with E-state index in [2.05, 4.69) is 16.6 Å². The molecule has 0 aliphatic carbocycles. The van der Waals surface area contributed by atoms with Gasteiger partial charge in [-0.05, 0) is 18.6 Å². The molecule has 2 heteroatoms. The van der Waals surface area contributed by atoms with Crippen molar-refractivity contribution in [3.8, 4) is 0 Å². The molecule has 0 unspecified atom stereocenters. The molecule has 1 aromatic heterocycles. The van der Waals surface area contributed by atoms with Crippen molar-refractivity contribution in [2.45, 2.75) is 20.8 Å². The summed E-state index contributed by atoms with van der Waals surface area (Å²) < 4.78 is 0. The summed E-state index contributed by atoms with van der Waals surface area (Å²) >= 11 is 0. The van der Waals surface area contributed by atoms with Crippen LogP contribution in [-0.4, -0.2) is 11.2 Å². The minimum absolute atomic E-state index is 0.903. The van der Waals surface area contributed by atoms with E-state index in [0.717, 1.165) is 11.4 Å². The van der Waals surface area contributed by atoms with Crippen molar-refractivity contribution < 1.29 is 0 Å². The van der Waals surface area contributed by atoms with Gasteiger partial charge in [-0.15, -0.1) is 0 Å². The number of hydrogen-bond donors (Lipinski definition) is 1. The van der Waals surface area contributed by atoms with E-state index in [1.807, 2.05) is 33.0 Å². The van der Waals surface area contributed by atoms with Crippen LogP contribution in [0.2, 0.25) is 0 Å². The first-order chi connectivity index (χ1) is 5.84. The molecule has 2 nitrogen and oxygen atoms in total. The molecule has 0 aliphatic heterocycles. The van der Waals surface area contributed by atoms with Crippen molar-refractivity contribution in [1.29, 1.82) is 0 Å². The van der Waals surface area contributed by atoms with Crippen LogP contribution in [0.25, 0.3) is 0 Å². The number of nitrogens with one attached hydrogen (secondary N) is 1. The molecule has 1 rings (SSSR count). The summed E-state index contributed by atoms with van der Waals surface area (Å²) in [4.78, 5) is 7.08. The van der Waals surface area contributed by atoms with Gasteiger partial charge in [0.05, 0.1) is 0 Å². The molecule has 0 saturated heterocycles. The lowest BCUT2D eigenvalue weighted by Crippen LogP contribution is -1.67. The Kier molecular flexibility index (Phi) is 5.70. The Morgan fingerprint density at radius 2 is 2.17 bits per heavy atom. The standard InChI is InChI=1S/C8H10N2.C2H6/c1-3-5-9-8-7(2)4-6-10-8;1-2/h3-6,10H,1H2,2H3;1-2H3/b9-5-;. The summed E-state index contributed by atoms with van der Waals surface area (Å²) in [7, 11) is 0. The smallest absolute Gasteiger partial charge is 0.132 e. The topological polar surface area (TPSA) is 28.1 Å². The highest BCUT2D eigenvalue weighted by atomic mass is 14.9. The molecule has 0 atom stereocenters. The number of H-pyrrole nitrogens is 1. The van der Waals surface area contributed by atoms with Crippen LogP contribution in [0, 0.1) is 6.92 Å². The van der Waals surface area contributed by atoms with Crippen molar-refractivity contribution in [1.82, 2.24) is 4.98 Å². The highest BCUT2D eigenvalue weighted by Crippen LogP contribution is 2.13. The Hall–Kier alpha value is -1.31. The summed E-state index contributed by atoms with van der Waals surface area (Å²) in [6.07, 6.45) is 5.18. The van der Waals surface area contributed by atoms with Gasteiger partial charge < -0.3 is 4.98 Å². The van der Waals surface area contributed by atoms with Gasteiger partial charge in [0.2, 0.25) is 0 Å². The van der Waals surface area contributed by atoms with E-state index in [1.54, 1.807) is 12.3 Å². The fourth-order valence-electron chi connectivity index (χ4n) is 0.705. The first kappa shape index (κ1) is 10.7. The van der Waals surface area contributed by atoms with Crippen molar-refractivity contribution >= 4 is 12.0 Å². The van der Waals surface area contributed by atoms with E-state index in [9.17, 15) is 0 Å². The monoisotopic (exact) mass is 164 g/mol. The third kappa shape index (κ3) is 3.19. The number of aryl methyl sites for hydroxylation is 1. The van der Waals surface area contributed by atoms with Crippen LogP contribution in [0.5, 0.6) is 0 Å². The number of aliphatic imine (C=N–C) groups is 1. The van der Waals surface area contributed by atoms with Crippen molar-refractivity contribution in [2.24, 2.45) is 4.99 Å². The zero-order chi connectivity index (χ0) is 9.40. The lowest BCUT2D eigenvalue weighted by molar-refractivity contribution is 1.32. The average molecular weight is 164 g/mol. The van der Waals surface area contributed by atoms with Gasteiger partial charge in [-0.25, -0.2) is 4.99 Å². The Labute approximate surface area is 74.0 Å². The number of aromatic amines is 1. The fourth-order valence-corrected chi connectivity index (χ4v) is 0.705. The lowest BCUT2D eigenvalue weighted by Gasteiger charge is -1.86. The molecule has 0 saturated carbocycles. The highest BCUT2D eigenvalue weighted by Gasteiger charge is 1.91. The highest BCUT2D eigenvalue weighted by molar-refractivity contribution is 5.73. The number of hydrogen-bond acceptors (Lipinski definition) is 1. The summed E-state index contributed by atoms with van der Waals surface area (Å²) in [6.45, 7) is 9.53. The van der Waals surface area contributed by atoms with Crippen LogP contribution in [0.15, 0.2) is 29.9 Å². The average Bonchev–Trinajstić information content (AvgIpc) is 2.51. The van der Waals surface area contributed by atoms with Crippen molar-refractivity contribution in [3.63, 3.8) is 0 Å². The molecule has 0 aliphatic rings. The maximum absolute atomic E-state index is 4.09. The molecule has 0 fully saturated rings. The first-order valence-electron chi connectivity index (χ1n) is 4.13. The zero-order valence-electron chi connectivity index (χ0n) is 7.96. The maximum atomic E-state index is 4.09. The molecule has 1 N–H and O–H groups in total. The predicted octanol–water partition coefficient (Wildman–Crippen LogP) is 3.24. The zero-order valence-corrected chi connectivity index (χ0v) is 7.96. The SMILES string of the molecule is C=C/C=N\c1[nH]ccc1C.CC. The van der Waals surface area contributed by atoms with E-state index < -0.39 is 0 Å². The maximum Gasteiger partial charge on any atom is 0.132 e. The molecule has 1 aromatic rings. The van der Waals surface area contributed by atoms with E-state index in [-0.39, 0.29) is 0 Å². The van der Waals surface area contributed by atoms with Crippen LogP contribution >= 0.6 is 0 Å². The molecule has 12 heavy (non-hydrogen) atoms. The van der Waals surface area contributed by atoms with E-state index in [4.69, 9.17) is 0 Å². The van der Waals surface area contributed by atoms with E-state index in [0.29, 0.717) is 0 Å². The summed E-state index contributed by atoms with van der Waals surface area (Å²) in [5, 5.41) is 0. The van der Waals surface area contributed by atoms with Gasteiger partial charge in [0.25, 0.3) is 0 Å². The second kappa shape index (κ2) is 6.40. The number of allylic oxidation sites excluding steroid dienone is 1. The van der Waals surface area contributed by atoms with Crippen LogP contribution < -0.4 is 0 Å². The molecule has 0 bridgehead atoms. The van der Waals surface area contributed by atoms with Gasteiger partial charge in [-0.3, -0.25) is 0 Å². The van der Waals surface area contributed by atoms with Gasteiger partial charge in [0.15, 0.2) is 0 Å².